The van der Waals surface area contributed by atoms with Crippen LogP contribution in [0.5, 0.6) is 0 Å². The monoisotopic (exact) mass is 203 g/mol. The molecule has 2 rings (SSSR count). The lowest BCUT2D eigenvalue weighted by atomic mass is 10.1. The molecule has 80 valence electrons. The van der Waals surface area contributed by atoms with Crippen molar-refractivity contribution in [2.24, 2.45) is 0 Å². The summed E-state index contributed by atoms with van der Waals surface area (Å²) in [5.41, 5.74) is 2.33. The van der Waals surface area contributed by atoms with Crippen LogP contribution in [-0.2, 0) is 6.42 Å². The van der Waals surface area contributed by atoms with Gasteiger partial charge in [-0.2, -0.15) is 0 Å². The van der Waals surface area contributed by atoms with Gasteiger partial charge in [0.1, 0.15) is 5.58 Å². The molecule has 1 N–H and O–H groups in total. The third kappa shape index (κ3) is 2.60. The van der Waals surface area contributed by atoms with E-state index in [1.54, 1.807) is 6.26 Å². The molecule has 0 aliphatic rings. The Kier molecular flexibility index (Phi) is 3.07. The Morgan fingerprint density at radius 1 is 1.27 bits per heavy atom. The first-order chi connectivity index (χ1) is 7.25. The summed E-state index contributed by atoms with van der Waals surface area (Å²) < 4.78 is 5.30. The highest BCUT2D eigenvalue weighted by Gasteiger charge is 1.99. The second kappa shape index (κ2) is 4.49. The molecule has 2 nitrogen and oxygen atoms in total. The maximum Gasteiger partial charge on any atom is 0.133 e. The zero-order chi connectivity index (χ0) is 10.7. The summed E-state index contributed by atoms with van der Waals surface area (Å²) in [6, 6.07) is 8.94. The summed E-state index contributed by atoms with van der Waals surface area (Å²) in [5, 5.41) is 4.60. The van der Waals surface area contributed by atoms with Crippen LogP contribution in [0.25, 0.3) is 11.0 Å². The molecule has 0 saturated heterocycles. The van der Waals surface area contributed by atoms with E-state index in [1.807, 2.05) is 12.1 Å². The van der Waals surface area contributed by atoms with E-state index in [0.29, 0.717) is 6.04 Å². The van der Waals surface area contributed by atoms with Crippen molar-refractivity contribution in [3.63, 3.8) is 0 Å². The highest BCUT2D eigenvalue weighted by atomic mass is 16.3. The largest absolute Gasteiger partial charge is 0.464 e. The molecular formula is C13H17NO. The van der Waals surface area contributed by atoms with Crippen molar-refractivity contribution in [3.8, 4) is 0 Å². The van der Waals surface area contributed by atoms with Gasteiger partial charge in [0.25, 0.3) is 0 Å². The van der Waals surface area contributed by atoms with E-state index < -0.39 is 0 Å². The number of fused-ring (bicyclic) bond motifs is 1. The smallest absolute Gasteiger partial charge is 0.133 e. The number of hydrogen-bond donors (Lipinski definition) is 1. The Labute approximate surface area is 90.3 Å². The third-order valence-electron chi connectivity index (χ3n) is 2.48. The lowest BCUT2D eigenvalue weighted by molar-refractivity contribution is 0.590. The predicted molar refractivity (Wildman–Crippen MR) is 63.1 cm³/mol. The molecule has 0 saturated carbocycles. The van der Waals surface area contributed by atoms with Crippen molar-refractivity contribution in [2.45, 2.75) is 26.3 Å². The summed E-state index contributed by atoms with van der Waals surface area (Å²) in [7, 11) is 0. The van der Waals surface area contributed by atoms with Crippen molar-refractivity contribution in [2.75, 3.05) is 6.54 Å². The van der Waals surface area contributed by atoms with Crippen LogP contribution >= 0.6 is 0 Å². The fourth-order valence-corrected chi connectivity index (χ4v) is 1.68. The van der Waals surface area contributed by atoms with E-state index in [4.69, 9.17) is 4.42 Å². The van der Waals surface area contributed by atoms with Gasteiger partial charge in [0.2, 0.25) is 0 Å². The van der Waals surface area contributed by atoms with Gasteiger partial charge in [-0.25, -0.2) is 0 Å². The van der Waals surface area contributed by atoms with Crippen LogP contribution < -0.4 is 5.32 Å². The molecule has 0 aliphatic heterocycles. The lowest BCUT2D eigenvalue weighted by Gasteiger charge is -2.07. The minimum Gasteiger partial charge on any atom is -0.464 e. The maximum atomic E-state index is 5.30. The number of nitrogens with one attached hydrogen (secondary N) is 1. The molecule has 0 radical (unpaired) electrons. The highest BCUT2D eigenvalue weighted by molar-refractivity contribution is 5.77. The predicted octanol–water partition coefficient (Wildman–Crippen LogP) is 2.97. The van der Waals surface area contributed by atoms with E-state index in [-0.39, 0.29) is 0 Å². The molecule has 0 fully saturated rings. The van der Waals surface area contributed by atoms with Gasteiger partial charge in [0.05, 0.1) is 6.26 Å². The van der Waals surface area contributed by atoms with Crippen LogP contribution in [0, 0.1) is 0 Å². The first kappa shape index (κ1) is 10.2. The fraction of sp³-hybridized carbons (Fsp3) is 0.385. The maximum absolute atomic E-state index is 5.30. The number of benzene rings is 1. The second-order valence-corrected chi connectivity index (χ2v) is 4.15. The lowest BCUT2D eigenvalue weighted by Crippen LogP contribution is -2.24. The number of furan rings is 1. The summed E-state index contributed by atoms with van der Waals surface area (Å²) in [5.74, 6) is 0. The highest BCUT2D eigenvalue weighted by Crippen LogP contribution is 2.16. The first-order valence-corrected chi connectivity index (χ1v) is 5.45. The molecule has 0 bridgehead atoms. The number of rotatable bonds is 4. The average molecular weight is 203 g/mol. The Hall–Kier alpha value is -1.28. The summed E-state index contributed by atoms with van der Waals surface area (Å²) in [6.07, 6.45) is 2.81. The van der Waals surface area contributed by atoms with Crippen molar-refractivity contribution < 1.29 is 4.42 Å². The quantitative estimate of drug-likeness (QED) is 0.826. The molecule has 0 atom stereocenters. The van der Waals surface area contributed by atoms with Gasteiger partial charge in [-0.3, -0.25) is 0 Å². The SMILES string of the molecule is CC(C)NCCc1ccc2occc2c1. The van der Waals surface area contributed by atoms with Crippen LogP contribution in [0.15, 0.2) is 34.9 Å². The van der Waals surface area contributed by atoms with Gasteiger partial charge in [-0.05, 0) is 36.7 Å². The molecular weight excluding hydrogens is 186 g/mol. The topological polar surface area (TPSA) is 25.2 Å². The van der Waals surface area contributed by atoms with Crippen molar-refractivity contribution in [1.29, 1.82) is 0 Å². The minimum absolute atomic E-state index is 0.558. The van der Waals surface area contributed by atoms with E-state index in [9.17, 15) is 0 Å². The Bertz CT molecular complexity index is 431. The Balaban J connectivity index is 2.02. The van der Waals surface area contributed by atoms with E-state index >= 15 is 0 Å². The zero-order valence-electron chi connectivity index (χ0n) is 9.29. The van der Waals surface area contributed by atoms with Gasteiger partial charge in [-0.1, -0.05) is 19.9 Å². The molecule has 2 heteroatoms. The van der Waals surface area contributed by atoms with Crippen molar-refractivity contribution in [3.05, 3.63) is 36.1 Å². The molecule has 1 aromatic heterocycles. The van der Waals surface area contributed by atoms with E-state index in [0.717, 1.165) is 18.5 Å². The first-order valence-electron chi connectivity index (χ1n) is 5.45. The standard InChI is InChI=1S/C13H17NO/c1-10(2)14-7-5-11-3-4-13-12(9-11)6-8-15-13/h3-4,6,8-10,14H,5,7H2,1-2H3. The Morgan fingerprint density at radius 2 is 2.13 bits per heavy atom. The third-order valence-corrected chi connectivity index (χ3v) is 2.48. The number of hydrogen-bond acceptors (Lipinski definition) is 2. The van der Waals surface area contributed by atoms with Gasteiger partial charge in [0, 0.05) is 11.4 Å². The molecule has 1 aromatic carbocycles. The molecule has 0 spiro atoms. The summed E-state index contributed by atoms with van der Waals surface area (Å²) >= 11 is 0. The van der Waals surface area contributed by atoms with Crippen molar-refractivity contribution >= 4 is 11.0 Å². The van der Waals surface area contributed by atoms with Crippen LogP contribution in [0.4, 0.5) is 0 Å². The normalized spacial score (nSPS) is 11.4. The van der Waals surface area contributed by atoms with Crippen LogP contribution in [-0.4, -0.2) is 12.6 Å². The average Bonchev–Trinajstić information content (AvgIpc) is 2.64. The molecule has 2 aromatic rings. The second-order valence-electron chi connectivity index (χ2n) is 4.15. The zero-order valence-corrected chi connectivity index (χ0v) is 9.29. The molecule has 0 amide bonds. The van der Waals surface area contributed by atoms with Crippen molar-refractivity contribution in [1.82, 2.24) is 5.32 Å². The molecule has 1 heterocycles. The molecule has 0 unspecified atom stereocenters. The van der Waals surface area contributed by atoms with Crippen LogP contribution in [0.3, 0.4) is 0 Å². The fourth-order valence-electron chi connectivity index (χ4n) is 1.68. The minimum atomic E-state index is 0.558. The van der Waals surface area contributed by atoms with E-state index in [1.165, 1.54) is 10.9 Å². The van der Waals surface area contributed by atoms with Gasteiger partial charge in [-0.15, -0.1) is 0 Å². The van der Waals surface area contributed by atoms with Crippen LogP contribution in [0.1, 0.15) is 19.4 Å². The van der Waals surface area contributed by atoms with Crippen LogP contribution in [0.2, 0.25) is 0 Å². The van der Waals surface area contributed by atoms with Gasteiger partial charge in [0.15, 0.2) is 0 Å². The molecule has 0 aliphatic carbocycles. The van der Waals surface area contributed by atoms with Gasteiger partial charge < -0.3 is 9.73 Å². The van der Waals surface area contributed by atoms with Gasteiger partial charge >= 0.3 is 0 Å². The summed E-state index contributed by atoms with van der Waals surface area (Å²) in [6.45, 7) is 5.36. The Morgan fingerprint density at radius 3 is 2.93 bits per heavy atom. The summed E-state index contributed by atoms with van der Waals surface area (Å²) in [4.78, 5) is 0. The molecule has 15 heavy (non-hydrogen) atoms. The van der Waals surface area contributed by atoms with E-state index in [2.05, 4.69) is 31.3 Å².